The fourth-order valence-corrected chi connectivity index (χ4v) is 1.91. The Balaban J connectivity index is 2.19. The number of benzene rings is 1. The van der Waals surface area contributed by atoms with Crippen LogP contribution in [0, 0.1) is 11.3 Å². The minimum absolute atomic E-state index is 0.371. The molecule has 7 heteroatoms. The number of aromatic nitrogens is 2. The first kappa shape index (κ1) is 12.3. The summed E-state index contributed by atoms with van der Waals surface area (Å²) in [5.41, 5.74) is 1.20. The van der Waals surface area contributed by atoms with Crippen LogP contribution in [0.5, 0.6) is 0 Å². The van der Waals surface area contributed by atoms with Crippen molar-refractivity contribution in [3.8, 4) is 6.07 Å². The van der Waals surface area contributed by atoms with Crippen LogP contribution in [0.2, 0.25) is 0 Å². The van der Waals surface area contributed by atoms with E-state index in [9.17, 15) is 12.3 Å². The monoisotopic (exact) mass is 265 g/mol. The van der Waals surface area contributed by atoms with Gasteiger partial charge in [0.1, 0.15) is 6.07 Å². The maximum Gasteiger partial charge on any atom is 0.332 e. The number of hydrogen-bond acceptors (Lipinski definition) is 4. The van der Waals surface area contributed by atoms with Crippen molar-refractivity contribution in [2.45, 2.75) is 11.4 Å². The van der Waals surface area contributed by atoms with Gasteiger partial charge < -0.3 is 0 Å². The molecule has 92 valence electrons. The lowest BCUT2D eigenvalue weighted by Gasteiger charge is -2.02. The smallest absolute Gasteiger partial charge is 0.267 e. The second kappa shape index (κ2) is 4.58. The fraction of sp³-hybridized carbons (Fsp3) is 0.0909. The zero-order valence-electron chi connectivity index (χ0n) is 9.12. The molecule has 0 fully saturated rings. The molecular weight excluding hydrogens is 257 g/mol. The predicted molar refractivity (Wildman–Crippen MR) is 60.8 cm³/mol. The maximum atomic E-state index is 12.6. The van der Waals surface area contributed by atoms with E-state index in [2.05, 4.69) is 5.10 Å². The van der Waals surface area contributed by atoms with Gasteiger partial charge in [-0.3, -0.25) is 4.68 Å². The van der Waals surface area contributed by atoms with Gasteiger partial charge in [-0.1, -0.05) is 12.1 Å². The largest absolute Gasteiger partial charge is 0.332 e. The lowest BCUT2D eigenvalue weighted by atomic mass is 10.2. The molecule has 2 rings (SSSR count). The van der Waals surface area contributed by atoms with Gasteiger partial charge in [0.05, 0.1) is 23.2 Å². The molecule has 0 saturated carbocycles. The number of nitrogens with zero attached hydrogens (tertiary/aromatic N) is 3. The van der Waals surface area contributed by atoms with Crippen molar-refractivity contribution in [3.05, 3.63) is 47.8 Å². The molecule has 0 bridgehead atoms. The minimum Gasteiger partial charge on any atom is -0.267 e. The Kier molecular flexibility index (Phi) is 3.12. The molecule has 0 unspecified atom stereocenters. The molecule has 0 aliphatic rings. The SMILES string of the molecule is N#Cc1cnn(Cc2ccc(S(=O)(=O)F)cc2)c1. The number of hydrogen-bond donors (Lipinski definition) is 0. The third-order valence-electron chi connectivity index (χ3n) is 2.31. The lowest BCUT2D eigenvalue weighted by molar-refractivity contribution is 0.552. The molecule has 5 nitrogen and oxygen atoms in total. The standard InChI is InChI=1S/C11H8FN3O2S/c12-18(16,17)11-3-1-9(2-4-11)7-15-8-10(5-13)6-14-15/h1-4,6,8H,7H2. The van der Waals surface area contributed by atoms with Crippen LogP contribution < -0.4 is 0 Å². The summed E-state index contributed by atoms with van der Waals surface area (Å²) >= 11 is 0. The number of halogens is 1. The molecular formula is C11H8FN3O2S. The third-order valence-corrected chi connectivity index (χ3v) is 3.15. The summed E-state index contributed by atoms with van der Waals surface area (Å²) in [7, 11) is -4.66. The van der Waals surface area contributed by atoms with Crippen LogP contribution in [0.25, 0.3) is 0 Å². The molecule has 0 radical (unpaired) electrons. The van der Waals surface area contributed by atoms with Crippen LogP contribution in [0.15, 0.2) is 41.6 Å². The first-order valence-electron chi connectivity index (χ1n) is 4.95. The van der Waals surface area contributed by atoms with Gasteiger partial charge in [-0.25, -0.2) is 0 Å². The van der Waals surface area contributed by atoms with Gasteiger partial charge in [0, 0.05) is 6.20 Å². The van der Waals surface area contributed by atoms with E-state index < -0.39 is 10.2 Å². The van der Waals surface area contributed by atoms with E-state index in [0.29, 0.717) is 12.1 Å². The van der Waals surface area contributed by atoms with E-state index in [-0.39, 0.29) is 4.90 Å². The van der Waals surface area contributed by atoms with E-state index in [1.165, 1.54) is 35.1 Å². The molecule has 1 aromatic carbocycles. The minimum atomic E-state index is -4.66. The van der Waals surface area contributed by atoms with E-state index >= 15 is 0 Å². The Hall–Kier alpha value is -2.20. The Bertz CT molecular complexity index is 699. The molecule has 0 aliphatic carbocycles. The van der Waals surface area contributed by atoms with Gasteiger partial charge in [-0.2, -0.15) is 18.8 Å². The molecule has 0 saturated heterocycles. The highest BCUT2D eigenvalue weighted by Gasteiger charge is 2.10. The normalized spacial score (nSPS) is 11.1. The van der Waals surface area contributed by atoms with Crippen LogP contribution in [0.1, 0.15) is 11.1 Å². The van der Waals surface area contributed by atoms with Crippen molar-refractivity contribution < 1.29 is 12.3 Å². The Morgan fingerprint density at radius 1 is 1.33 bits per heavy atom. The summed E-state index contributed by atoms with van der Waals surface area (Å²) in [6.45, 7) is 0.383. The molecule has 0 N–H and O–H groups in total. The van der Waals surface area contributed by atoms with E-state index in [0.717, 1.165) is 5.56 Å². The molecule has 2 aromatic rings. The van der Waals surface area contributed by atoms with Gasteiger partial charge in [0.25, 0.3) is 0 Å². The van der Waals surface area contributed by atoms with Crippen molar-refractivity contribution in [1.29, 1.82) is 5.26 Å². The van der Waals surface area contributed by atoms with Gasteiger partial charge in [0.15, 0.2) is 0 Å². The number of rotatable bonds is 3. The molecule has 1 heterocycles. The Morgan fingerprint density at radius 2 is 2.00 bits per heavy atom. The highest BCUT2D eigenvalue weighted by Crippen LogP contribution is 2.13. The first-order valence-corrected chi connectivity index (χ1v) is 6.33. The van der Waals surface area contributed by atoms with Crippen LogP contribution in [-0.4, -0.2) is 18.2 Å². The molecule has 0 atom stereocenters. The van der Waals surface area contributed by atoms with Crippen molar-refractivity contribution in [3.63, 3.8) is 0 Å². The highest BCUT2D eigenvalue weighted by molar-refractivity contribution is 7.86. The van der Waals surface area contributed by atoms with E-state index in [4.69, 9.17) is 5.26 Å². The van der Waals surface area contributed by atoms with E-state index in [1.807, 2.05) is 6.07 Å². The molecule has 0 amide bonds. The molecule has 0 aliphatic heterocycles. The first-order chi connectivity index (χ1) is 8.49. The van der Waals surface area contributed by atoms with Gasteiger partial charge in [-0.05, 0) is 17.7 Å². The van der Waals surface area contributed by atoms with E-state index in [1.54, 1.807) is 6.20 Å². The van der Waals surface area contributed by atoms with Crippen LogP contribution in [0.3, 0.4) is 0 Å². The Morgan fingerprint density at radius 3 is 2.50 bits per heavy atom. The molecule has 0 spiro atoms. The summed E-state index contributed by atoms with van der Waals surface area (Å²) in [6, 6.07) is 7.34. The second-order valence-electron chi connectivity index (χ2n) is 3.62. The average molecular weight is 265 g/mol. The van der Waals surface area contributed by atoms with Crippen LogP contribution in [0.4, 0.5) is 3.89 Å². The second-order valence-corrected chi connectivity index (χ2v) is 4.97. The molecule has 18 heavy (non-hydrogen) atoms. The molecule has 1 aromatic heterocycles. The van der Waals surface area contributed by atoms with Crippen molar-refractivity contribution in [2.75, 3.05) is 0 Å². The predicted octanol–water partition coefficient (Wildman–Crippen LogP) is 1.46. The summed E-state index contributed by atoms with van der Waals surface area (Å²) in [5, 5.41) is 12.6. The van der Waals surface area contributed by atoms with Crippen molar-refractivity contribution >= 4 is 10.2 Å². The highest BCUT2D eigenvalue weighted by atomic mass is 32.3. The Labute approximate surface area is 103 Å². The third kappa shape index (κ3) is 2.73. The lowest BCUT2D eigenvalue weighted by Crippen LogP contribution is -2.00. The van der Waals surface area contributed by atoms with Crippen molar-refractivity contribution in [2.24, 2.45) is 0 Å². The van der Waals surface area contributed by atoms with Gasteiger partial charge in [0.2, 0.25) is 0 Å². The summed E-state index contributed by atoms with van der Waals surface area (Å²) in [6.07, 6.45) is 3.00. The van der Waals surface area contributed by atoms with Gasteiger partial charge >= 0.3 is 10.2 Å². The number of nitriles is 1. The van der Waals surface area contributed by atoms with Crippen LogP contribution >= 0.6 is 0 Å². The summed E-state index contributed by atoms with van der Waals surface area (Å²) in [4.78, 5) is -0.371. The summed E-state index contributed by atoms with van der Waals surface area (Å²) in [5.74, 6) is 0. The quantitative estimate of drug-likeness (QED) is 0.787. The van der Waals surface area contributed by atoms with Crippen LogP contribution in [-0.2, 0) is 16.8 Å². The average Bonchev–Trinajstić information content (AvgIpc) is 2.76. The van der Waals surface area contributed by atoms with Gasteiger partial charge in [-0.15, -0.1) is 3.89 Å². The zero-order valence-corrected chi connectivity index (χ0v) is 9.93. The van der Waals surface area contributed by atoms with Crippen molar-refractivity contribution in [1.82, 2.24) is 9.78 Å². The zero-order chi connectivity index (χ0) is 13.2. The fourth-order valence-electron chi connectivity index (χ4n) is 1.45. The topological polar surface area (TPSA) is 75.8 Å². The maximum absolute atomic E-state index is 12.6. The summed E-state index contributed by atoms with van der Waals surface area (Å²) < 4.78 is 35.4.